The second-order valence-electron chi connectivity index (χ2n) is 6.21. The Labute approximate surface area is 152 Å². The van der Waals surface area contributed by atoms with Gasteiger partial charge in [-0.05, 0) is 75.7 Å². The summed E-state index contributed by atoms with van der Waals surface area (Å²) in [5.41, 5.74) is 3.86. The fraction of sp³-hybridized carbons (Fsp3) is 0.263. The van der Waals surface area contributed by atoms with Crippen molar-refractivity contribution in [3.8, 4) is 22.5 Å². The van der Waals surface area contributed by atoms with Crippen molar-refractivity contribution in [2.45, 2.75) is 13.0 Å². The predicted octanol–water partition coefficient (Wildman–Crippen LogP) is 4.37. The molecule has 0 saturated heterocycles. The van der Waals surface area contributed by atoms with Crippen molar-refractivity contribution >= 4 is 12.2 Å². The molecule has 3 aromatic rings. The highest BCUT2D eigenvalue weighted by Crippen LogP contribution is 2.32. The van der Waals surface area contributed by atoms with Crippen molar-refractivity contribution in [1.29, 1.82) is 0 Å². The van der Waals surface area contributed by atoms with Gasteiger partial charge in [-0.3, -0.25) is 4.98 Å². The van der Waals surface area contributed by atoms with Crippen molar-refractivity contribution in [2.24, 2.45) is 0 Å². The zero-order valence-electron chi connectivity index (χ0n) is 14.4. The van der Waals surface area contributed by atoms with Crippen LogP contribution in [0.1, 0.15) is 6.42 Å². The Bertz CT molecular complexity index is 882. The molecule has 25 heavy (non-hydrogen) atoms. The third-order valence-electron chi connectivity index (χ3n) is 4.06. The van der Waals surface area contributed by atoms with Gasteiger partial charge in [0.15, 0.2) is 4.77 Å². The van der Waals surface area contributed by atoms with Crippen molar-refractivity contribution in [1.82, 2.24) is 19.4 Å². The third-order valence-corrected chi connectivity index (χ3v) is 4.38. The molecule has 0 spiro atoms. The molecule has 4 nitrogen and oxygen atoms in total. The average molecular weight is 356 g/mol. The lowest BCUT2D eigenvalue weighted by Gasteiger charge is -2.13. The van der Waals surface area contributed by atoms with E-state index < -0.39 is 0 Å². The maximum atomic E-state index is 13.3. The van der Waals surface area contributed by atoms with Gasteiger partial charge in [0.25, 0.3) is 0 Å². The van der Waals surface area contributed by atoms with Crippen molar-refractivity contribution in [3.05, 3.63) is 59.4 Å². The molecule has 0 bridgehead atoms. The molecule has 0 radical (unpaired) electrons. The summed E-state index contributed by atoms with van der Waals surface area (Å²) in [6, 6.07) is 10.4. The number of hydrogen-bond donors (Lipinski definition) is 1. The van der Waals surface area contributed by atoms with E-state index in [-0.39, 0.29) is 5.82 Å². The minimum atomic E-state index is -0.252. The SMILES string of the molecule is CN(C)CCCn1c(-c2ccncc2)c(-c2ccc(F)cc2)[nH]c1=S. The Morgan fingerprint density at radius 3 is 2.40 bits per heavy atom. The first-order valence-electron chi connectivity index (χ1n) is 8.20. The first kappa shape index (κ1) is 17.5. The van der Waals surface area contributed by atoms with Crippen LogP contribution in [0.3, 0.4) is 0 Å². The topological polar surface area (TPSA) is 36.9 Å². The van der Waals surface area contributed by atoms with Crippen LogP contribution in [0.4, 0.5) is 4.39 Å². The predicted molar refractivity (Wildman–Crippen MR) is 101 cm³/mol. The highest BCUT2D eigenvalue weighted by Gasteiger charge is 2.16. The van der Waals surface area contributed by atoms with Gasteiger partial charge < -0.3 is 14.5 Å². The minimum Gasteiger partial charge on any atom is -0.330 e. The van der Waals surface area contributed by atoms with Gasteiger partial charge in [0.1, 0.15) is 5.82 Å². The summed E-state index contributed by atoms with van der Waals surface area (Å²) in [5.74, 6) is -0.252. The summed E-state index contributed by atoms with van der Waals surface area (Å²) in [7, 11) is 4.12. The zero-order chi connectivity index (χ0) is 17.8. The molecule has 6 heteroatoms. The third kappa shape index (κ3) is 4.03. The number of halogens is 1. The Balaban J connectivity index is 2.09. The summed E-state index contributed by atoms with van der Waals surface area (Å²) in [6.07, 6.45) is 4.52. The number of aromatic amines is 1. The second kappa shape index (κ2) is 7.72. The molecular formula is C19H21FN4S. The standard InChI is InChI=1S/C19H21FN4S/c1-23(2)12-3-13-24-18(15-8-10-21-11-9-15)17(22-19(24)25)14-4-6-16(20)7-5-14/h4-11H,3,12-13H2,1-2H3,(H,22,25). The number of imidazole rings is 1. The van der Waals surface area contributed by atoms with Crippen LogP contribution in [-0.2, 0) is 6.54 Å². The number of benzene rings is 1. The maximum absolute atomic E-state index is 13.3. The number of rotatable bonds is 6. The van der Waals surface area contributed by atoms with Gasteiger partial charge in [-0.25, -0.2) is 4.39 Å². The number of pyridine rings is 1. The number of H-pyrrole nitrogens is 1. The molecule has 0 saturated carbocycles. The highest BCUT2D eigenvalue weighted by atomic mass is 32.1. The lowest BCUT2D eigenvalue weighted by molar-refractivity contribution is 0.386. The van der Waals surface area contributed by atoms with E-state index in [4.69, 9.17) is 12.2 Å². The van der Waals surface area contributed by atoms with Gasteiger partial charge in [0.05, 0.1) is 11.4 Å². The number of hydrogen-bond acceptors (Lipinski definition) is 3. The van der Waals surface area contributed by atoms with E-state index in [9.17, 15) is 4.39 Å². The summed E-state index contributed by atoms with van der Waals surface area (Å²) in [5, 5.41) is 0. The van der Waals surface area contributed by atoms with Crippen LogP contribution < -0.4 is 0 Å². The van der Waals surface area contributed by atoms with Crippen LogP contribution >= 0.6 is 12.2 Å². The van der Waals surface area contributed by atoms with Crippen molar-refractivity contribution in [3.63, 3.8) is 0 Å². The lowest BCUT2D eigenvalue weighted by Crippen LogP contribution is -2.15. The van der Waals surface area contributed by atoms with E-state index in [2.05, 4.69) is 33.5 Å². The molecular weight excluding hydrogens is 335 g/mol. The summed E-state index contributed by atoms with van der Waals surface area (Å²) in [4.78, 5) is 9.57. The van der Waals surface area contributed by atoms with Crippen LogP contribution in [0.25, 0.3) is 22.5 Å². The molecule has 1 aromatic carbocycles. The molecule has 2 aromatic heterocycles. The Kier molecular flexibility index (Phi) is 5.40. The van der Waals surface area contributed by atoms with Crippen molar-refractivity contribution < 1.29 is 4.39 Å². The molecule has 2 heterocycles. The number of aromatic nitrogens is 3. The van der Waals surface area contributed by atoms with Gasteiger partial charge in [-0.2, -0.15) is 0 Å². The first-order chi connectivity index (χ1) is 12.1. The van der Waals surface area contributed by atoms with Crippen LogP contribution in [0.15, 0.2) is 48.8 Å². The fourth-order valence-electron chi connectivity index (χ4n) is 2.86. The molecule has 0 aliphatic heterocycles. The molecule has 3 rings (SSSR count). The number of nitrogens with one attached hydrogen (secondary N) is 1. The monoisotopic (exact) mass is 356 g/mol. The largest absolute Gasteiger partial charge is 0.330 e. The first-order valence-corrected chi connectivity index (χ1v) is 8.61. The Morgan fingerprint density at radius 1 is 1.08 bits per heavy atom. The molecule has 0 atom stereocenters. The van der Waals surface area contributed by atoms with Gasteiger partial charge in [0.2, 0.25) is 0 Å². The normalized spacial score (nSPS) is 11.2. The molecule has 0 aliphatic carbocycles. The molecule has 0 amide bonds. The van der Waals surface area contributed by atoms with E-state index in [0.29, 0.717) is 4.77 Å². The average Bonchev–Trinajstić information content (AvgIpc) is 2.93. The highest BCUT2D eigenvalue weighted by molar-refractivity contribution is 7.71. The van der Waals surface area contributed by atoms with Gasteiger partial charge >= 0.3 is 0 Å². The molecule has 130 valence electrons. The molecule has 0 aliphatic rings. The summed E-state index contributed by atoms with van der Waals surface area (Å²) in [6.45, 7) is 1.79. The van der Waals surface area contributed by atoms with Gasteiger partial charge in [-0.15, -0.1) is 0 Å². The van der Waals surface area contributed by atoms with Gasteiger partial charge in [-0.1, -0.05) is 0 Å². The molecule has 0 fully saturated rings. The maximum Gasteiger partial charge on any atom is 0.178 e. The van der Waals surface area contributed by atoms with Crippen LogP contribution in [-0.4, -0.2) is 40.1 Å². The van der Waals surface area contributed by atoms with Crippen molar-refractivity contribution in [2.75, 3.05) is 20.6 Å². The lowest BCUT2D eigenvalue weighted by atomic mass is 10.1. The van der Waals surface area contributed by atoms with Crippen LogP contribution in [0.2, 0.25) is 0 Å². The quantitative estimate of drug-likeness (QED) is 0.667. The molecule has 1 N–H and O–H groups in total. The van der Waals surface area contributed by atoms with E-state index in [1.807, 2.05) is 12.1 Å². The fourth-order valence-corrected chi connectivity index (χ4v) is 3.15. The Hall–Kier alpha value is -2.31. The summed E-state index contributed by atoms with van der Waals surface area (Å²) < 4.78 is 16.1. The van der Waals surface area contributed by atoms with E-state index in [1.54, 1.807) is 24.5 Å². The second-order valence-corrected chi connectivity index (χ2v) is 6.59. The van der Waals surface area contributed by atoms with Gasteiger partial charge in [0, 0.05) is 30.1 Å². The number of nitrogens with zero attached hydrogens (tertiary/aromatic N) is 3. The Morgan fingerprint density at radius 2 is 1.76 bits per heavy atom. The van der Waals surface area contributed by atoms with E-state index >= 15 is 0 Å². The smallest absolute Gasteiger partial charge is 0.178 e. The summed E-state index contributed by atoms with van der Waals surface area (Å²) >= 11 is 5.57. The van der Waals surface area contributed by atoms with E-state index in [1.165, 1.54) is 12.1 Å². The van der Waals surface area contributed by atoms with E-state index in [0.717, 1.165) is 42.0 Å². The molecule has 0 unspecified atom stereocenters. The van der Waals surface area contributed by atoms with Crippen LogP contribution in [0.5, 0.6) is 0 Å². The van der Waals surface area contributed by atoms with Crippen LogP contribution in [0, 0.1) is 10.6 Å². The zero-order valence-corrected chi connectivity index (χ0v) is 15.2. The minimum absolute atomic E-state index is 0.252.